The van der Waals surface area contributed by atoms with Gasteiger partial charge >= 0.3 is 0 Å². The van der Waals surface area contributed by atoms with Crippen molar-refractivity contribution in [2.24, 2.45) is 16.7 Å². The van der Waals surface area contributed by atoms with E-state index in [0.717, 1.165) is 12.3 Å². The maximum Gasteiger partial charge on any atom is 0.160 e. The van der Waals surface area contributed by atoms with E-state index in [9.17, 15) is 5.11 Å². The molecular formula is C13H24O2. The quantitative estimate of drug-likeness (QED) is 0.713. The fraction of sp³-hybridized carbons (Fsp3) is 1.00. The Kier molecular flexibility index (Phi) is 2.27. The maximum absolute atomic E-state index is 9.77. The minimum Gasteiger partial charge on any atom is -0.366 e. The predicted octanol–water partition coefficient (Wildman–Crippen LogP) is 2.95. The maximum atomic E-state index is 9.77. The molecule has 0 heterocycles. The highest BCUT2D eigenvalue weighted by Crippen LogP contribution is 2.66. The van der Waals surface area contributed by atoms with Gasteiger partial charge in [-0.1, -0.05) is 20.8 Å². The van der Waals surface area contributed by atoms with Crippen LogP contribution in [-0.2, 0) is 4.74 Å². The van der Waals surface area contributed by atoms with Crippen LogP contribution in [0, 0.1) is 16.7 Å². The lowest BCUT2D eigenvalue weighted by molar-refractivity contribution is -0.231. The van der Waals surface area contributed by atoms with Crippen LogP contribution in [0.25, 0.3) is 0 Å². The van der Waals surface area contributed by atoms with Crippen molar-refractivity contribution in [2.75, 3.05) is 0 Å². The Morgan fingerprint density at radius 3 is 2.20 bits per heavy atom. The summed E-state index contributed by atoms with van der Waals surface area (Å²) in [5.41, 5.74) is 0.612. The molecule has 2 aliphatic carbocycles. The van der Waals surface area contributed by atoms with Crippen molar-refractivity contribution >= 4 is 0 Å². The standard InChI is InChI=1S/C13H24O2/c1-11(2)9-6-7-13(11,5)10(8-9)15-12(3,4)14/h9-10,14H,6-8H2,1-5H3. The third-order valence-corrected chi connectivity index (χ3v) is 5.14. The molecule has 2 aliphatic rings. The SMILES string of the molecule is CC(C)(O)OC1CC2CCC1(C)C2(C)C. The second-order valence-electron chi connectivity index (χ2n) is 6.66. The molecule has 0 radical (unpaired) electrons. The van der Waals surface area contributed by atoms with Gasteiger partial charge in [-0.15, -0.1) is 0 Å². The fourth-order valence-corrected chi connectivity index (χ4v) is 3.66. The first-order chi connectivity index (χ1) is 6.67. The first-order valence-electron chi connectivity index (χ1n) is 6.07. The Labute approximate surface area is 93.0 Å². The molecule has 0 aromatic carbocycles. The summed E-state index contributed by atoms with van der Waals surface area (Å²) in [4.78, 5) is 0. The van der Waals surface area contributed by atoms with Crippen molar-refractivity contribution in [3.63, 3.8) is 0 Å². The summed E-state index contributed by atoms with van der Waals surface area (Å²) in [7, 11) is 0. The van der Waals surface area contributed by atoms with E-state index < -0.39 is 5.79 Å². The summed E-state index contributed by atoms with van der Waals surface area (Å²) in [5.74, 6) is -0.219. The molecule has 3 unspecified atom stereocenters. The summed E-state index contributed by atoms with van der Waals surface area (Å²) in [6, 6.07) is 0. The van der Waals surface area contributed by atoms with Crippen molar-refractivity contribution in [1.29, 1.82) is 0 Å². The zero-order valence-corrected chi connectivity index (χ0v) is 10.6. The molecule has 2 heteroatoms. The normalized spacial score (nSPS) is 43.6. The van der Waals surface area contributed by atoms with E-state index in [-0.39, 0.29) is 11.5 Å². The van der Waals surface area contributed by atoms with Crippen LogP contribution in [0.5, 0.6) is 0 Å². The summed E-state index contributed by atoms with van der Waals surface area (Å²) in [5, 5.41) is 9.77. The summed E-state index contributed by atoms with van der Waals surface area (Å²) in [6.07, 6.45) is 3.92. The summed E-state index contributed by atoms with van der Waals surface area (Å²) in [6.45, 7) is 10.5. The molecule has 0 aromatic heterocycles. The molecule has 0 spiro atoms. The van der Waals surface area contributed by atoms with Crippen molar-refractivity contribution < 1.29 is 9.84 Å². The van der Waals surface area contributed by atoms with Crippen molar-refractivity contribution in [1.82, 2.24) is 0 Å². The van der Waals surface area contributed by atoms with Crippen LogP contribution in [0.1, 0.15) is 53.9 Å². The van der Waals surface area contributed by atoms with Crippen LogP contribution in [0.15, 0.2) is 0 Å². The third-order valence-electron chi connectivity index (χ3n) is 5.14. The second-order valence-corrected chi connectivity index (χ2v) is 6.66. The lowest BCUT2D eigenvalue weighted by Crippen LogP contribution is -2.41. The highest BCUT2D eigenvalue weighted by molar-refractivity contribution is 5.11. The molecule has 3 atom stereocenters. The van der Waals surface area contributed by atoms with E-state index in [1.165, 1.54) is 12.8 Å². The molecule has 0 saturated heterocycles. The van der Waals surface area contributed by atoms with Gasteiger partial charge in [0.2, 0.25) is 0 Å². The molecule has 88 valence electrons. The highest BCUT2D eigenvalue weighted by Gasteiger charge is 2.62. The molecule has 0 aromatic rings. The van der Waals surface area contributed by atoms with Gasteiger partial charge in [0.1, 0.15) is 0 Å². The van der Waals surface area contributed by atoms with E-state index in [0.29, 0.717) is 5.41 Å². The molecular weight excluding hydrogens is 188 g/mol. The van der Waals surface area contributed by atoms with Gasteiger partial charge in [-0.25, -0.2) is 0 Å². The largest absolute Gasteiger partial charge is 0.366 e. The number of rotatable bonds is 2. The van der Waals surface area contributed by atoms with Gasteiger partial charge < -0.3 is 9.84 Å². The third kappa shape index (κ3) is 1.53. The Balaban J connectivity index is 2.19. The van der Waals surface area contributed by atoms with Crippen LogP contribution >= 0.6 is 0 Å². The smallest absolute Gasteiger partial charge is 0.160 e. The number of ether oxygens (including phenoxy) is 1. The summed E-state index contributed by atoms with van der Waals surface area (Å²) >= 11 is 0. The van der Waals surface area contributed by atoms with Gasteiger partial charge in [0.25, 0.3) is 0 Å². The number of fused-ring (bicyclic) bond motifs is 2. The Morgan fingerprint density at radius 1 is 1.27 bits per heavy atom. The molecule has 2 rings (SSSR count). The highest BCUT2D eigenvalue weighted by atomic mass is 16.6. The monoisotopic (exact) mass is 212 g/mol. The number of hydrogen-bond acceptors (Lipinski definition) is 2. The second kappa shape index (κ2) is 2.98. The van der Waals surface area contributed by atoms with Gasteiger partial charge in [-0.05, 0) is 49.9 Å². The lowest BCUT2D eigenvalue weighted by atomic mass is 9.70. The number of aliphatic hydroxyl groups is 1. The van der Waals surface area contributed by atoms with Crippen LogP contribution in [0.3, 0.4) is 0 Å². The van der Waals surface area contributed by atoms with Gasteiger partial charge in [-0.2, -0.15) is 0 Å². The average molecular weight is 212 g/mol. The predicted molar refractivity (Wildman–Crippen MR) is 60.4 cm³/mol. The molecule has 2 bridgehead atoms. The van der Waals surface area contributed by atoms with E-state index in [1.807, 2.05) is 0 Å². The van der Waals surface area contributed by atoms with Gasteiger partial charge in [0.15, 0.2) is 5.79 Å². The van der Waals surface area contributed by atoms with Crippen molar-refractivity contribution in [3.8, 4) is 0 Å². The Bertz CT molecular complexity index is 264. The molecule has 0 aliphatic heterocycles. The Morgan fingerprint density at radius 2 is 1.87 bits per heavy atom. The minimum absolute atomic E-state index is 0.228. The molecule has 1 N–H and O–H groups in total. The van der Waals surface area contributed by atoms with Crippen LogP contribution < -0.4 is 0 Å². The average Bonchev–Trinajstić information content (AvgIpc) is 2.34. The molecule has 2 saturated carbocycles. The van der Waals surface area contributed by atoms with E-state index >= 15 is 0 Å². The molecule has 15 heavy (non-hydrogen) atoms. The van der Waals surface area contributed by atoms with E-state index in [1.54, 1.807) is 13.8 Å². The molecule has 0 amide bonds. The first-order valence-corrected chi connectivity index (χ1v) is 6.07. The van der Waals surface area contributed by atoms with Crippen LogP contribution in [-0.4, -0.2) is 17.0 Å². The van der Waals surface area contributed by atoms with E-state index in [4.69, 9.17) is 4.74 Å². The van der Waals surface area contributed by atoms with Crippen molar-refractivity contribution in [3.05, 3.63) is 0 Å². The van der Waals surface area contributed by atoms with Crippen LogP contribution in [0.2, 0.25) is 0 Å². The fourth-order valence-electron chi connectivity index (χ4n) is 3.66. The molecule has 2 fully saturated rings. The topological polar surface area (TPSA) is 29.5 Å². The molecule has 2 nitrogen and oxygen atoms in total. The zero-order chi connectivity index (χ0) is 11.5. The zero-order valence-electron chi connectivity index (χ0n) is 10.6. The summed E-state index contributed by atoms with van der Waals surface area (Å²) < 4.78 is 5.83. The van der Waals surface area contributed by atoms with Gasteiger partial charge in [0, 0.05) is 0 Å². The van der Waals surface area contributed by atoms with Crippen LogP contribution in [0.4, 0.5) is 0 Å². The Hall–Kier alpha value is -0.0800. The van der Waals surface area contributed by atoms with Gasteiger partial charge in [-0.3, -0.25) is 0 Å². The number of hydrogen-bond donors (Lipinski definition) is 1. The van der Waals surface area contributed by atoms with Gasteiger partial charge in [0.05, 0.1) is 6.10 Å². The minimum atomic E-state index is -0.992. The first kappa shape index (κ1) is 11.4. The van der Waals surface area contributed by atoms with E-state index in [2.05, 4.69) is 20.8 Å². The lowest BCUT2D eigenvalue weighted by Gasteiger charge is -2.41. The van der Waals surface area contributed by atoms with Crippen molar-refractivity contribution in [2.45, 2.75) is 65.8 Å².